The fourth-order valence-corrected chi connectivity index (χ4v) is 3.26. The third kappa shape index (κ3) is 3.58. The van der Waals surface area contributed by atoms with E-state index in [1.165, 1.54) is 14.7 Å². The van der Waals surface area contributed by atoms with Crippen LogP contribution in [0.4, 0.5) is 0 Å². The molecule has 0 aromatic heterocycles. The van der Waals surface area contributed by atoms with Gasteiger partial charge in [-0.1, -0.05) is 37.3 Å². The van der Waals surface area contributed by atoms with E-state index in [1.807, 2.05) is 6.07 Å². The fraction of sp³-hybridized carbons (Fsp3) is 0.333. The summed E-state index contributed by atoms with van der Waals surface area (Å²) in [5, 5.41) is 3.60. The number of halogens is 1. The van der Waals surface area contributed by atoms with Crippen molar-refractivity contribution in [2.45, 2.75) is 31.9 Å². The van der Waals surface area contributed by atoms with Crippen LogP contribution < -0.4 is 10.1 Å². The topological polar surface area (TPSA) is 21.3 Å². The molecule has 0 amide bonds. The van der Waals surface area contributed by atoms with Gasteiger partial charge in [0.05, 0.1) is 0 Å². The molecule has 2 atom stereocenters. The molecule has 2 nitrogen and oxygen atoms in total. The molecule has 0 radical (unpaired) electrons. The summed E-state index contributed by atoms with van der Waals surface area (Å²) in [7, 11) is 0. The molecule has 1 N–H and O–H groups in total. The van der Waals surface area contributed by atoms with E-state index < -0.39 is 0 Å². The summed E-state index contributed by atoms with van der Waals surface area (Å²) in [5.41, 5.74) is 2.69. The second-order valence-corrected chi connectivity index (χ2v) is 6.71. The number of hydrogen-bond donors (Lipinski definition) is 1. The highest BCUT2D eigenvalue weighted by Gasteiger charge is 2.29. The maximum atomic E-state index is 6.15. The third-order valence-corrected chi connectivity index (χ3v) is 4.68. The molecule has 0 aliphatic carbocycles. The van der Waals surface area contributed by atoms with Gasteiger partial charge in [0.15, 0.2) is 0 Å². The molecule has 110 valence electrons. The number of fused-ring (bicyclic) bond motifs is 1. The number of rotatable bonds is 5. The Hall–Kier alpha value is -1.07. The van der Waals surface area contributed by atoms with Crippen LogP contribution in [0.15, 0.2) is 48.5 Å². The minimum atomic E-state index is 0.224. The van der Waals surface area contributed by atoms with E-state index in [-0.39, 0.29) is 6.10 Å². The molecule has 2 unspecified atom stereocenters. The Bertz CT molecular complexity index is 571. The molecule has 0 saturated carbocycles. The summed E-state index contributed by atoms with van der Waals surface area (Å²) in [4.78, 5) is 0. The Labute approximate surface area is 140 Å². The minimum absolute atomic E-state index is 0.224. The highest BCUT2D eigenvalue weighted by atomic mass is 127. The van der Waals surface area contributed by atoms with E-state index in [1.54, 1.807) is 0 Å². The first-order chi connectivity index (χ1) is 10.3. The molecule has 2 aromatic rings. The Morgan fingerprint density at radius 1 is 1.19 bits per heavy atom. The van der Waals surface area contributed by atoms with Crippen molar-refractivity contribution >= 4 is 22.6 Å². The van der Waals surface area contributed by atoms with Crippen molar-refractivity contribution < 1.29 is 4.74 Å². The van der Waals surface area contributed by atoms with Gasteiger partial charge in [0.25, 0.3) is 0 Å². The maximum absolute atomic E-state index is 6.15. The van der Waals surface area contributed by atoms with Gasteiger partial charge in [-0.15, -0.1) is 0 Å². The molecule has 1 aliphatic rings. The molecule has 1 heterocycles. The van der Waals surface area contributed by atoms with E-state index in [4.69, 9.17) is 4.74 Å². The minimum Gasteiger partial charge on any atom is -0.488 e. The quantitative estimate of drug-likeness (QED) is 0.781. The zero-order valence-corrected chi connectivity index (χ0v) is 14.3. The van der Waals surface area contributed by atoms with Crippen molar-refractivity contribution in [1.29, 1.82) is 0 Å². The summed E-state index contributed by atoms with van der Waals surface area (Å²) < 4.78 is 7.43. The normalized spacial score (nSPS) is 18.1. The van der Waals surface area contributed by atoms with Crippen molar-refractivity contribution in [2.24, 2.45) is 0 Å². The Balaban J connectivity index is 1.72. The lowest BCUT2D eigenvalue weighted by Gasteiger charge is -2.24. The standard InChI is InChI=1S/C18H20INO/c1-2-20-16(11-13-7-9-15(19)10-8-13)18-12-14-5-3-4-6-17(14)21-18/h3-10,16,18,20H,2,11-12H2,1H3. The van der Waals surface area contributed by atoms with Crippen LogP contribution in [-0.2, 0) is 12.8 Å². The monoisotopic (exact) mass is 393 g/mol. The Morgan fingerprint density at radius 3 is 2.67 bits per heavy atom. The van der Waals surface area contributed by atoms with Crippen molar-refractivity contribution in [3.8, 4) is 5.75 Å². The highest BCUT2D eigenvalue weighted by Crippen LogP contribution is 2.30. The van der Waals surface area contributed by atoms with Gasteiger partial charge in [-0.05, 0) is 64.9 Å². The number of para-hydroxylation sites is 1. The smallest absolute Gasteiger partial charge is 0.123 e. The van der Waals surface area contributed by atoms with Gasteiger partial charge in [0.1, 0.15) is 11.9 Å². The zero-order chi connectivity index (χ0) is 14.7. The lowest BCUT2D eigenvalue weighted by molar-refractivity contribution is 0.178. The van der Waals surface area contributed by atoms with Crippen LogP contribution in [0.3, 0.4) is 0 Å². The Morgan fingerprint density at radius 2 is 1.95 bits per heavy atom. The second-order valence-electron chi connectivity index (χ2n) is 5.46. The fourth-order valence-electron chi connectivity index (χ4n) is 2.90. The van der Waals surface area contributed by atoms with Crippen LogP contribution in [0, 0.1) is 3.57 Å². The summed E-state index contributed by atoms with van der Waals surface area (Å²) in [5.74, 6) is 1.05. The van der Waals surface area contributed by atoms with Crippen LogP contribution in [-0.4, -0.2) is 18.7 Å². The van der Waals surface area contributed by atoms with Crippen LogP contribution in [0.2, 0.25) is 0 Å². The molecule has 3 rings (SSSR count). The van der Waals surface area contributed by atoms with E-state index in [2.05, 4.69) is 77.3 Å². The molecule has 21 heavy (non-hydrogen) atoms. The molecule has 2 aromatic carbocycles. The maximum Gasteiger partial charge on any atom is 0.123 e. The predicted molar refractivity (Wildman–Crippen MR) is 94.9 cm³/mol. The van der Waals surface area contributed by atoms with Gasteiger partial charge in [0.2, 0.25) is 0 Å². The molecule has 0 fully saturated rings. The molecule has 0 spiro atoms. The van der Waals surface area contributed by atoms with Crippen molar-refractivity contribution in [2.75, 3.05) is 6.54 Å². The third-order valence-electron chi connectivity index (χ3n) is 3.96. The highest BCUT2D eigenvalue weighted by molar-refractivity contribution is 14.1. The largest absolute Gasteiger partial charge is 0.488 e. The van der Waals surface area contributed by atoms with Gasteiger partial charge in [0, 0.05) is 16.0 Å². The van der Waals surface area contributed by atoms with Gasteiger partial charge in [-0.2, -0.15) is 0 Å². The SMILES string of the molecule is CCNC(Cc1ccc(I)cc1)C1Cc2ccccc2O1. The first kappa shape index (κ1) is 14.9. The zero-order valence-electron chi connectivity index (χ0n) is 12.2. The van der Waals surface area contributed by atoms with Crippen LogP contribution in [0.5, 0.6) is 5.75 Å². The van der Waals surface area contributed by atoms with Crippen molar-refractivity contribution in [3.63, 3.8) is 0 Å². The number of ether oxygens (including phenoxy) is 1. The lowest BCUT2D eigenvalue weighted by Crippen LogP contribution is -2.44. The summed E-state index contributed by atoms with van der Waals surface area (Å²) in [6.07, 6.45) is 2.23. The average molecular weight is 393 g/mol. The lowest BCUT2D eigenvalue weighted by atomic mass is 9.98. The van der Waals surface area contributed by atoms with E-state index in [9.17, 15) is 0 Å². The molecular formula is C18H20INO. The first-order valence-electron chi connectivity index (χ1n) is 7.48. The van der Waals surface area contributed by atoms with Crippen molar-refractivity contribution in [1.82, 2.24) is 5.32 Å². The second kappa shape index (κ2) is 6.79. The van der Waals surface area contributed by atoms with Gasteiger partial charge in [-0.25, -0.2) is 0 Å². The molecule has 0 bridgehead atoms. The van der Waals surface area contributed by atoms with Crippen LogP contribution >= 0.6 is 22.6 Å². The van der Waals surface area contributed by atoms with Crippen LogP contribution in [0.1, 0.15) is 18.1 Å². The summed E-state index contributed by atoms with van der Waals surface area (Å²) in [6, 6.07) is 17.5. The summed E-state index contributed by atoms with van der Waals surface area (Å²) >= 11 is 2.34. The van der Waals surface area contributed by atoms with Gasteiger partial charge < -0.3 is 10.1 Å². The van der Waals surface area contributed by atoms with Gasteiger partial charge in [-0.3, -0.25) is 0 Å². The molecular weight excluding hydrogens is 373 g/mol. The number of likely N-dealkylation sites (N-methyl/N-ethyl adjacent to an activating group) is 1. The van der Waals surface area contributed by atoms with E-state index in [0.29, 0.717) is 6.04 Å². The molecule has 0 saturated heterocycles. The number of nitrogens with one attached hydrogen (secondary N) is 1. The van der Waals surface area contributed by atoms with Crippen molar-refractivity contribution in [3.05, 3.63) is 63.2 Å². The van der Waals surface area contributed by atoms with Gasteiger partial charge >= 0.3 is 0 Å². The average Bonchev–Trinajstić information content (AvgIpc) is 2.93. The van der Waals surface area contributed by atoms with Crippen LogP contribution in [0.25, 0.3) is 0 Å². The number of benzene rings is 2. The Kier molecular flexibility index (Phi) is 4.80. The predicted octanol–water partition coefficient (Wildman–Crippen LogP) is 3.82. The molecule has 1 aliphatic heterocycles. The molecule has 3 heteroatoms. The number of hydrogen-bond acceptors (Lipinski definition) is 2. The summed E-state index contributed by atoms with van der Waals surface area (Å²) in [6.45, 7) is 3.12. The van der Waals surface area contributed by atoms with E-state index in [0.717, 1.165) is 25.1 Å². The first-order valence-corrected chi connectivity index (χ1v) is 8.56. The van der Waals surface area contributed by atoms with E-state index >= 15 is 0 Å².